The fourth-order valence-corrected chi connectivity index (χ4v) is 2.13. The Kier molecular flexibility index (Phi) is 3.11. The molecule has 0 heterocycles. The Hall–Kier alpha value is -1.54. The molecule has 1 aromatic carbocycles. The minimum atomic E-state index is -0.465. The second-order valence-corrected chi connectivity index (χ2v) is 3.96. The Labute approximate surface area is 95.9 Å². The fraction of sp³-hybridized carbons (Fsp3) is 0.286. The molecule has 2 atom stereocenters. The minimum Gasteiger partial charge on any atom is -0.496 e. The molecule has 0 saturated carbocycles. The first-order valence-electron chi connectivity index (χ1n) is 5.42. The first kappa shape index (κ1) is 11.0. The van der Waals surface area contributed by atoms with Crippen molar-refractivity contribution >= 4 is 6.08 Å². The van der Waals surface area contributed by atoms with Crippen molar-refractivity contribution in [3.8, 4) is 5.75 Å². The molecule has 0 saturated heterocycles. The molecule has 1 aromatic rings. The van der Waals surface area contributed by atoms with E-state index in [9.17, 15) is 5.11 Å². The molecule has 0 fully saturated rings. The molecule has 0 radical (unpaired) electrons. The molecule has 2 rings (SSSR count). The van der Waals surface area contributed by atoms with Crippen LogP contribution in [0.25, 0.3) is 6.08 Å². The van der Waals surface area contributed by atoms with Gasteiger partial charge in [0, 0.05) is 11.5 Å². The molecule has 2 heteroatoms. The second-order valence-electron chi connectivity index (χ2n) is 3.96. The van der Waals surface area contributed by atoms with Gasteiger partial charge in [0.1, 0.15) is 5.75 Å². The van der Waals surface area contributed by atoms with Gasteiger partial charge in [-0.2, -0.15) is 0 Å². The quantitative estimate of drug-likeness (QED) is 0.787. The summed E-state index contributed by atoms with van der Waals surface area (Å²) in [4.78, 5) is 0. The normalized spacial score (nSPS) is 22.6. The first-order chi connectivity index (χ1) is 7.77. The number of hydrogen-bond donors (Lipinski definition) is 1. The van der Waals surface area contributed by atoms with Crippen molar-refractivity contribution in [3.63, 3.8) is 0 Å². The van der Waals surface area contributed by atoms with E-state index in [2.05, 4.69) is 6.58 Å². The summed E-state index contributed by atoms with van der Waals surface area (Å²) in [6, 6.07) is 5.76. The van der Waals surface area contributed by atoms with Crippen LogP contribution >= 0.6 is 0 Å². The van der Waals surface area contributed by atoms with Crippen LogP contribution in [-0.4, -0.2) is 12.2 Å². The van der Waals surface area contributed by atoms with Gasteiger partial charge in [0.15, 0.2) is 0 Å². The van der Waals surface area contributed by atoms with E-state index in [1.54, 1.807) is 7.11 Å². The second kappa shape index (κ2) is 4.54. The van der Waals surface area contributed by atoms with Crippen LogP contribution in [0.2, 0.25) is 0 Å². The van der Waals surface area contributed by atoms with Crippen LogP contribution in [0.5, 0.6) is 5.75 Å². The molecule has 0 aliphatic heterocycles. The predicted molar refractivity (Wildman–Crippen MR) is 65.3 cm³/mol. The number of benzene rings is 1. The molecular weight excluding hydrogens is 200 g/mol. The number of ether oxygens (including phenoxy) is 1. The summed E-state index contributed by atoms with van der Waals surface area (Å²) in [5.41, 5.74) is 1.92. The molecule has 0 spiro atoms. The monoisotopic (exact) mass is 216 g/mol. The van der Waals surface area contributed by atoms with Gasteiger partial charge < -0.3 is 9.84 Å². The van der Waals surface area contributed by atoms with E-state index in [1.165, 1.54) is 0 Å². The first-order valence-corrected chi connectivity index (χ1v) is 5.42. The highest BCUT2D eigenvalue weighted by Gasteiger charge is 2.24. The van der Waals surface area contributed by atoms with Gasteiger partial charge in [-0.3, -0.25) is 0 Å². The number of methoxy groups -OCH3 is 1. The van der Waals surface area contributed by atoms with Crippen LogP contribution in [-0.2, 0) is 0 Å². The summed E-state index contributed by atoms with van der Waals surface area (Å²) in [6.45, 7) is 3.71. The van der Waals surface area contributed by atoms with Gasteiger partial charge in [0.05, 0.1) is 13.2 Å². The fourth-order valence-electron chi connectivity index (χ4n) is 2.13. The van der Waals surface area contributed by atoms with E-state index < -0.39 is 6.10 Å². The number of aliphatic hydroxyl groups excluding tert-OH is 1. The Balaban J connectivity index is 2.41. The molecule has 84 valence electrons. The minimum absolute atomic E-state index is 0.122. The summed E-state index contributed by atoms with van der Waals surface area (Å²) in [7, 11) is 1.64. The third kappa shape index (κ3) is 1.76. The van der Waals surface area contributed by atoms with E-state index in [0.717, 1.165) is 23.3 Å². The van der Waals surface area contributed by atoms with Crippen LogP contribution < -0.4 is 4.74 Å². The van der Waals surface area contributed by atoms with Gasteiger partial charge in [0.2, 0.25) is 0 Å². The summed E-state index contributed by atoms with van der Waals surface area (Å²) in [5.74, 6) is 0.932. The maximum absolute atomic E-state index is 10.2. The molecule has 1 aliphatic carbocycles. The van der Waals surface area contributed by atoms with E-state index in [-0.39, 0.29) is 5.92 Å². The van der Waals surface area contributed by atoms with E-state index in [0.29, 0.717) is 0 Å². The molecule has 2 nitrogen and oxygen atoms in total. The third-order valence-corrected chi connectivity index (χ3v) is 2.99. The van der Waals surface area contributed by atoms with Crippen molar-refractivity contribution in [3.05, 3.63) is 48.1 Å². The zero-order valence-corrected chi connectivity index (χ0v) is 9.39. The Bertz CT molecular complexity index is 421. The highest BCUT2D eigenvalue weighted by atomic mass is 16.5. The van der Waals surface area contributed by atoms with Gasteiger partial charge in [-0.15, -0.1) is 6.58 Å². The Morgan fingerprint density at radius 1 is 1.50 bits per heavy atom. The van der Waals surface area contributed by atoms with E-state index >= 15 is 0 Å². The van der Waals surface area contributed by atoms with Gasteiger partial charge in [-0.1, -0.05) is 30.4 Å². The lowest BCUT2D eigenvalue weighted by Gasteiger charge is -2.25. The van der Waals surface area contributed by atoms with Crippen molar-refractivity contribution in [2.24, 2.45) is 5.92 Å². The van der Waals surface area contributed by atoms with Crippen LogP contribution in [0.1, 0.15) is 23.7 Å². The lowest BCUT2D eigenvalue weighted by atomic mass is 9.84. The number of allylic oxidation sites excluding steroid dienone is 1. The average Bonchev–Trinajstić information content (AvgIpc) is 2.32. The van der Waals surface area contributed by atoms with Crippen molar-refractivity contribution in [2.75, 3.05) is 7.11 Å². The van der Waals surface area contributed by atoms with Gasteiger partial charge in [-0.25, -0.2) is 0 Å². The van der Waals surface area contributed by atoms with Crippen molar-refractivity contribution in [1.29, 1.82) is 0 Å². The largest absolute Gasteiger partial charge is 0.496 e. The molecule has 1 aliphatic rings. The average molecular weight is 216 g/mol. The molecule has 0 unspecified atom stereocenters. The van der Waals surface area contributed by atoms with Crippen LogP contribution in [0.15, 0.2) is 36.9 Å². The molecule has 1 N–H and O–H groups in total. The Morgan fingerprint density at radius 2 is 2.31 bits per heavy atom. The maximum Gasteiger partial charge on any atom is 0.126 e. The third-order valence-electron chi connectivity index (χ3n) is 2.99. The van der Waals surface area contributed by atoms with Gasteiger partial charge >= 0.3 is 0 Å². The molecule has 0 bridgehead atoms. The van der Waals surface area contributed by atoms with Gasteiger partial charge in [-0.05, 0) is 18.1 Å². The number of fused-ring (bicyclic) bond motifs is 1. The zero-order chi connectivity index (χ0) is 11.5. The highest BCUT2D eigenvalue weighted by molar-refractivity contribution is 5.64. The topological polar surface area (TPSA) is 29.5 Å². The summed E-state index contributed by atoms with van der Waals surface area (Å²) >= 11 is 0. The maximum atomic E-state index is 10.2. The Morgan fingerprint density at radius 3 is 3.00 bits per heavy atom. The lowest BCUT2D eigenvalue weighted by Crippen LogP contribution is -2.14. The summed E-state index contributed by atoms with van der Waals surface area (Å²) in [6.07, 6.45) is 6.21. The summed E-state index contributed by atoms with van der Waals surface area (Å²) in [5, 5.41) is 10.2. The molecular formula is C14H16O2. The standard InChI is InChI=1S/C14H16O2/c1-3-5-10-8-9-11-12(14(10)15)6-4-7-13(11)16-2/h3-4,6-10,14-15H,1,5H2,2H3/t10-,14-/m0/s1. The van der Waals surface area contributed by atoms with Crippen molar-refractivity contribution in [1.82, 2.24) is 0 Å². The van der Waals surface area contributed by atoms with Crippen LogP contribution in [0.3, 0.4) is 0 Å². The lowest BCUT2D eigenvalue weighted by molar-refractivity contribution is 0.130. The number of aliphatic hydroxyl groups is 1. The van der Waals surface area contributed by atoms with Crippen molar-refractivity contribution in [2.45, 2.75) is 12.5 Å². The van der Waals surface area contributed by atoms with E-state index in [1.807, 2.05) is 36.4 Å². The van der Waals surface area contributed by atoms with Crippen LogP contribution in [0.4, 0.5) is 0 Å². The number of rotatable bonds is 3. The smallest absolute Gasteiger partial charge is 0.126 e. The zero-order valence-electron chi connectivity index (χ0n) is 9.39. The number of hydrogen-bond acceptors (Lipinski definition) is 2. The molecule has 16 heavy (non-hydrogen) atoms. The van der Waals surface area contributed by atoms with E-state index in [4.69, 9.17) is 4.74 Å². The SMILES string of the molecule is C=CC[C@H]1C=Cc2c(OC)cccc2[C@H]1O. The summed E-state index contributed by atoms with van der Waals surface area (Å²) < 4.78 is 5.27. The highest BCUT2D eigenvalue weighted by Crippen LogP contribution is 2.38. The molecule has 0 amide bonds. The van der Waals surface area contributed by atoms with Gasteiger partial charge in [0.25, 0.3) is 0 Å². The van der Waals surface area contributed by atoms with Crippen molar-refractivity contribution < 1.29 is 9.84 Å². The van der Waals surface area contributed by atoms with Crippen LogP contribution in [0, 0.1) is 5.92 Å². The molecule has 0 aromatic heterocycles. The predicted octanol–water partition coefficient (Wildman–Crippen LogP) is 2.95.